The molecule has 2 aromatic rings. The van der Waals surface area contributed by atoms with E-state index in [0.29, 0.717) is 22.9 Å². The highest BCUT2D eigenvalue weighted by molar-refractivity contribution is 7.12. The maximum Gasteiger partial charge on any atom is 0.321 e. The van der Waals surface area contributed by atoms with Crippen molar-refractivity contribution >= 4 is 34.9 Å². The molecule has 4 nitrogen and oxygen atoms in total. The molecule has 0 aliphatic carbocycles. The van der Waals surface area contributed by atoms with E-state index in [9.17, 15) is 9.59 Å². The lowest BCUT2D eigenvalue weighted by molar-refractivity contribution is 0.0968. The van der Waals surface area contributed by atoms with Gasteiger partial charge >= 0.3 is 6.03 Å². The van der Waals surface area contributed by atoms with E-state index in [2.05, 4.69) is 10.6 Å². The van der Waals surface area contributed by atoms with Gasteiger partial charge in [0.25, 0.3) is 5.91 Å². The predicted octanol–water partition coefficient (Wildman–Crippen LogP) is 3.08. The van der Waals surface area contributed by atoms with Crippen molar-refractivity contribution in [2.75, 3.05) is 6.54 Å². The van der Waals surface area contributed by atoms with Gasteiger partial charge in [-0.25, -0.2) is 4.79 Å². The third kappa shape index (κ3) is 4.36. The summed E-state index contributed by atoms with van der Waals surface area (Å²) in [5.74, 6) is -0.389. The van der Waals surface area contributed by atoms with Crippen LogP contribution < -0.4 is 10.6 Å². The minimum absolute atomic E-state index is 0.389. The van der Waals surface area contributed by atoms with Crippen molar-refractivity contribution in [3.63, 3.8) is 0 Å². The smallest absolute Gasteiger partial charge is 0.321 e. The summed E-state index contributed by atoms with van der Waals surface area (Å²) < 4.78 is 0. The molecular formula is C14H13ClN2O2S. The summed E-state index contributed by atoms with van der Waals surface area (Å²) in [6.07, 6.45) is 0.654. The van der Waals surface area contributed by atoms with Crippen molar-refractivity contribution in [1.82, 2.24) is 10.6 Å². The van der Waals surface area contributed by atoms with E-state index in [-0.39, 0.29) is 5.91 Å². The maximum atomic E-state index is 11.6. The first kappa shape index (κ1) is 14.6. The van der Waals surface area contributed by atoms with Gasteiger partial charge in [-0.2, -0.15) is 0 Å². The summed E-state index contributed by atoms with van der Waals surface area (Å²) in [7, 11) is 0. The molecule has 0 spiro atoms. The Morgan fingerprint density at radius 2 is 2.05 bits per heavy atom. The Balaban J connectivity index is 1.74. The summed E-state index contributed by atoms with van der Waals surface area (Å²) in [5.41, 5.74) is 1.03. The average Bonchev–Trinajstić information content (AvgIpc) is 2.92. The Labute approximate surface area is 125 Å². The predicted molar refractivity (Wildman–Crippen MR) is 80.3 cm³/mol. The lowest BCUT2D eigenvalue weighted by Crippen LogP contribution is -2.40. The van der Waals surface area contributed by atoms with Gasteiger partial charge in [0.1, 0.15) is 0 Å². The molecule has 0 bridgehead atoms. The molecule has 0 saturated carbocycles. The van der Waals surface area contributed by atoms with Gasteiger partial charge in [-0.05, 0) is 35.6 Å². The van der Waals surface area contributed by atoms with E-state index in [0.717, 1.165) is 5.56 Å². The monoisotopic (exact) mass is 308 g/mol. The SMILES string of the molecule is O=C(NCCc1cccc(Cl)c1)NC(=O)c1cccs1. The Bertz CT molecular complexity index is 599. The standard InChI is InChI=1S/C14H13ClN2O2S/c15-11-4-1-3-10(9-11)6-7-16-14(19)17-13(18)12-5-2-8-20-12/h1-5,8-9H,6-7H2,(H2,16,17,18,19). The molecule has 0 atom stereocenters. The molecule has 104 valence electrons. The van der Waals surface area contributed by atoms with Gasteiger partial charge in [0.05, 0.1) is 4.88 Å². The summed E-state index contributed by atoms with van der Waals surface area (Å²) in [4.78, 5) is 23.7. The highest BCUT2D eigenvalue weighted by atomic mass is 35.5. The van der Waals surface area contributed by atoms with Gasteiger partial charge in [-0.15, -0.1) is 11.3 Å². The number of benzene rings is 1. The number of rotatable bonds is 4. The van der Waals surface area contributed by atoms with Crippen molar-refractivity contribution < 1.29 is 9.59 Å². The molecule has 0 unspecified atom stereocenters. The number of hydrogen-bond donors (Lipinski definition) is 2. The number of hydrogen-bond acceptors (Lipinski definition) is 3. The molecule has 0 aliphatic heterocycles. The maximum absolute atomic E-state index is 11.6. The molecule has 1 aromatic carbocycles. The van der Waals surface area contributed by atoms with Crippen LogP contribution in [0.25, 0.3) is 0 Å². The van der Waals surface area contributed by atoms with Crippen LogP contribution in [0.1, 0.15) is 15.2 Å². The third-order valence-corrected chi connectivity index (χ3v) is 3.66. The molecule has 0 radical (unpaired) electrons. The second kappa shape index (κ2) is 7.07. The van der Waals surface area contributed by atoms with E-state index in [1.165, 1.54) is 11.3 Å². The zero-order valence-corrected chi connectivity index (χ0v) is 12.1. The molecule has 1 heterocycles. The van der Waals surface area contributed by atoms with Crippen molar-refractivity contribution in [3.8, 4) is 0 Å². The van der Waals surface area contributed by atoms with Gasteiger partial charge in [0, 0.05) is 11.6 Å². The first-order valence-corrected chi connectivity index (χ1v) is 7.28. The molecular weight excluding hydrogens is 296 g/mol. The van der Waals surface area contributed by atoms with E-state index in [4.69, 9.17) is 11.6 Å². The highest BCUT2D eigenvalue weighted by Gasteiger charge is 2.10. The second-order valence-corrected chi connectivity index (χ2v) is 5.45. The van der Waals surface area contributed by atoms with Crippen LogP contribution in [0.4, 0.5) is 4.79 Å². The number of halogens is 1. The topological polar surface area (TPSA) is 58.2 Å². The van der Waals surface area contributed by atoms with Crippen LogP contribution in [0.5, 0.6) is 0 Å². The van der Waals surface area contributed by atoms with Crippen LogP contribution in [0.2, 0.25) is 5.02 Å². The summed E-state index contributed by atoms with van der Waals surface area (Å²) in [6, 6.07) is 10.4. The summed E-state index contributed by atoms with van der Waals surface area (Å²) in [5, 5.41) is 7.36. The first-order valence-electron chi connectivity index (χ1n) is 6.02. The molecule has 2 N–H and O–H groups in total. The number of imide groups is 1. The zero-order chi connectivity index (χ0) is 14.4. The fourth-order valence-electron chi connectivity index (χ4n) is 1.63. The molecule has 0 fully saturated rings. The minimum atomic E-state index is -0.495. The van der Waals surface area contributed by atoms with Crippen molar-refractivity contribution in [1.29, 1.82) is 0 Å². The summed E-state index contributed by atoms with van der Waals surface area (Å²) in [6.45, 7) is 0.434. The highest BCUT2D eigenvalue weighted by Crippen LogP contribution is 2.10. The average molecular weight is 309 g/mol. The Morgan fingerprint density at radius 1 is 1.20 bits per heavy atom. The summed E-state index contributed by atoms with van der Waals surface area (Å²) >= 11 is 7.16. The van der Waals surface area contributed by atoms with Gasteiger partial charge in [0.15, 0.2) is 0 Å². The van der Waals surface area contributed by atoms with Gasteiger partial charge < -0.3 is 5.32 Å². The molecule has 2 rings (SSSR count). The van der Waals surface area contributed by atoms with Gasteiger partial charge in [0.2, 0.25) is 0 Å². The fraction of sp³-hybridized carbons (Fsp3) is 0.143. The lowest BCUT2D eigenvalue weighted by Gasteiger charge is -2.06. The fourth-order valence-corrected chi connectivity index (χ4v) is 2.46. The van der Waals surface area contributed by atoms with Gasteiger partial charge in [-0.3, -0.25) is 10.1 Å². The van der Waals surface area contributed by atoms with E-state index < -0.39 is 6.03 Å². The van der Waals surface area contributed by atoms with Crippen LogP contribution in [0.15, 0.2) is 41.8 Å². The van der Waals surface area contributed by atoms with Crippen LogP contribution >= 0.6 is 22.9 Å². The Morgan fingerprint density at radius 3 is 2.75 bits per heavy atom. The van der Waals surface area contributed by atoms with Crippen LogP contribution in [0, 0.1) is 0 Å². The van der Waals surface area contributed by atoms with Crippen molar-refractivity contribution in [3.05, 3.63) is 57.2 Å². The first-order chi connectivity index (χ1) is 9.65. The Hall–Kier alpha value is -1.85. The molecule has 20 heavy (non-hydrogen) atoms. The van der Waals surface area contributed by atoms with E-state index in [1.54, 1.807) is 23.6 Å². The van der Waals surface area contributed by atoms with Crippen LogP contribution in [0.3, 0.4) is 0 Å². The quantitative estimate of drug-likeness (QED) is 0.912. The zero-order valence-electron chi connectivity index (χ0n) is 10.6. The number of thiophene rings is 1. The van der Waals surface area contributed by atoms with E-state index in [1.807, 2.05) is 18.2 Å². The largest absolute Gasteiger partial charge is 0.337 e. The number of urea groups is 1. The molecule has 0 aliphatic rings. The number of carbonyl (C=O) groups excluding carboxylic acids is 2. The number of nitrogens with one attached hydrogen (secondary N) is 2. The normalized spacial score (nSPS) is 10.1. The van der Waals surface area contributed by atoms with Gasteiger partial charge in [-0.1, -0.05) is 29.8 Å². The number of carbonyl (C=O) groups is 2. The minimum Gasteiger partial charge on any atom is -0.337 e. The van der Waals surface area contributed by atoms with Crippen molar-refractivity contribution in [2.24, 2.45) is 0 Å². The molecule has 3 amide bonds. The van der Waals surface area contributed by atoms with Crippen LogP contribution in [-0.2, 0) is 6.42 Å². The molecule has 0 saturated heterocycles. The van der Waals surface area contributed by atoms with Crippen LogP contribution in [-0.4, -0.2) is 18.5 Å². The third-order valence-electron chi connectivity index (χ3n) is 2.56. The molecule has 6 heteroatoms. The number of amides is 3. The second-order valence-electron chi connectivity index (χ2n) is 4.07. The Kier molecular flexibility index (Phi) is 5.15. The molecule has 1 aromatic heterocycles. The van der Waals surface area contributed by atoms with E-state index >= 15 is 0 Å². The lowest BCUT2D eigenvalue weighted by atomic mass is 10.1. The van der Waals surface area contributed by atoms with Crippen molar-refractivity contribution in [2.45, 2.75) is 6.42 Å².